The number of benzene rings is 1. The number of nitrogens with zero attached hydrogens (tertiary/aromatic N) is 4. The van der Waals surface area contributed by atoms with Gasteiger partial charge >= 0.3 is 5.97 Å². The highest BCUT2D eigenvalue weighted by Gasteiger charge is 2.49. The van der Waals surface area contributed by atoms with Gasteiger partial charge in [-0.2, -0.15) is 10.4 Å². The molecule has 2 heterocycles. The van der Waals surface area contributed by atoms with Gasteiger partial charge in [-0.1, -0.05) is 12.1 Å². The van der Waals surface area contributed by atoms with Crippen molar-refractivity contribution in [3.8, 4) is 6.07 Å². The molecule has 9 heteroatoms. The minimum Gasteiger partial charge on any atom is -0.477 e. The summed E-state index contributed by atoms with van der Waals surface area (Å²) in [6, 6.07) is 7.92. The third-order valence-corrected chi connectivity index (χ3v) is 4.58. The topological polar surface area (TPSA) is 126 Å². The first-order valence-corrected chi connectivity index (χ1v) is 8.08. The number of nitrogens with one attached hydrogen (secondary N) is 1. The molecule has 2 unspecified atom stereocenters. The molecule has 0 aliphatic carbocycles. The third kappa shape index (κ3) is 2.91. The Kier molecular flexibility index (Phi) is 4.41. The highest BCUT2D eigenvalue weighted by molar-refractivity contribution is 6.42. The molecule has 1 aromatic carbocycles. The second-order valence-electron chi connectivity index (χ2n) is 6.42. The van der Waals surface area contributed by atoms with Crippen LogP contribution in [0.1, 0.15) is 5.56 Å². The first-order chi connectivity index (χ1) is 12.8. The van der Waals surface area contributed by atoms with E-state index in [0.29, 0.717) is 5.56 Å². The Hall–Kier alpha value is -3.67. The van der Waals surface area contributed by atoms with Gasteiger partial charge in [0, 0.05) is 26.8 Å². The van der Waals surface area contributed by atoms with E-state index < -0.39 is 35.5 Å². The van der Waals surface area contributed by atoms with Crippen molar-refractivity contribution in [1.29, 1.82) is 5.26 Å². The van der Waals surface area contributed by atoms with Crippen LogP contribution >= 0.6 is 0 Å². The van der Waals surface area contributed by atoms with E-state index in [1.165, 1.54) is 7.05 Å². The van der Waals surface area contributed by atoms with E-state index in [4.69, 9.17) is 0 Å². The fourth-order valence-electron chi connectivity index (χ4n) is 3.22. The zero-order chi connectivity index (χ0) is 19.9. The highest BCUT2D eigenvalue weighted by atomic mass is 16.4. The second-order valence-corrected chi connectivity index (χ2v) is 6.42. The third-order valence-electron chi connectivity index (χ3n) is 4.58. The van der Waals surface area contributed by atoms with Gasteiger partial charge < -0.3 is 15.3 Å². The maximum atomic E-state index is 12.6. The zero-order valence-electron chi connectivity index (χ0n) is 14.9. The van der Waals surface area contributed by atoms with E-state index in [-0.39, 0.29) is 11.1 Å². The summed E-state index contributed by atoms with van der Waals surface area (Å²) >= 11 is 0. The molecule has 2 atom stereocenters. The summed E-state index contributed by atoms with van der Waals surface area (Å²) in [7, 11) is 5.09. The van der Waals surface area contributed by atoms with Crippen LogP contribution in [0, 0.1) is 17.2 Å². The van der Waals surface area contributed by atoms with Crippen molar-refractivity contribution >= 4 is 34.8 Å². The van der Waals surface area contributed by atoms with Gasteiger partial charge in [-0.15, -0.1) is 0 Å². The van der Waals surface area contributed by atoms with Crippen LogP contribution in [0.4, 0.5) is 5.69 Å². The van der Waals surface area contributed by atoms with E-state index in [1.807, 2.05) is 25.1 Å². The lowest BCUT2D eigenvalue weighted by atomic mass is 9.88. The Morgan fingerprint density at radius 2 is 1.93 bits per heavy atom. The Labute approximate surface area is 155 Å². The van der Waals surface area contributed by atoms with Crippen molar-refractivity contribution in [3.63, 3.8) is 0 Å². The van der Waals surface area contributed by atoms with Crippen molar-refractivity contribution < 1.29 is 19.5 Å². The quantitative estimate of drug-likeness (QED) is 0.775. The molecule has 138 valence electrons. The number of carbonyl (C=O) groups is 3. The van der Waals surface area contributed by atoms with E-state index in [9.17, 15) is 24.8 Å². The van der Waals surface area contributed by atoms with Gasteiger partial charge in [0.1, 0.15) is 5.92 Å². The number of hydrogen-bond donors (Lipinski definition) is 2. The molecule has 0 saturated carbocycles. The van der Waals surface area contributed by atoms with Crippen molar-refractivity contribution in [2.45, 2.75) is 6.04 Å². The summed E-state index contributed by atoms with van der Waals surface area (Å²) in [5.74, 6) is -3.73. The van der Waals surface area contributed by atoms with Crippen molar-refractivity contribution in [1.82, 2.24) is 10.3 Å². The van der Waals surface area contributed by atoms with Crippen LogP contribution in [0.15, 0.2) is 34.9 Å². The molecular weight excluding hydrogens is 350 g/mol. The van der Waals surface area contributed by atoms with Crippen LogP contribution in [0.2, 0.25) is 0 Å². The van der Waals surface area contributed by atoms with Gasteiger partial charge in [0.2, 0.25) is 0 Å². The normalized spacial score (nSPS) is 21.9. The molecule has 1 aromatic rings. The number of nitriles is 1. The number of carbonyl (C=O) groups excluding carboxylic acids is 2. The average molecular weight is 367 g/mol. The van der Waals surface area contributed by atoms with Gasteiger partial charge in [-0.3, -0.25) is 9.59 Å². The first-order valence-electron chi connectivity index (χ1n) is 8.08. The molecule has 3 rings (SSSR count). The molecule has 2 N–H and O–H groups in total. The lowest BCUT2D eigenvalue weighted by Crippen LogP contribution is -2.45. The van der Waals surface area contributed by atoms with Crippen molar-refractivity contribution in [2.24, 2.45) is 11.0 Å². The van der Waals surface area contributed by atoms with Crippen LogP contribution in [-0.4, -0.2) is 60.8 Å². The molecule has 0 radical (unpaired) electrons. The van der Waals surface area contributed by atoms with Gasteiger partial charge in [0.25, 0.3) is 11.8 Å². The molecule has 2 aliphatic heterocycles. The fraction of sp³-hybridized carbons (Fsp3) is 0.278. The Bertz CT molecular complexity index is 939. The van der Waals surface area contributed by atoms with Crippen LogP contribution < -0.4 is 10.2 Å². The van der Waals surface area contributed by atoms with E-state index in [2.05, 4.69) is 10.4 Å². The molecule has 2 aliphatic rings. The zero-order valence-corrected chi connectivity index (χ0v) is 14.9. The number of aliphatic carboxylic acids is 1. The summed E-state index contributed by atoms with van der Waals surface area (Å²) in [4.78, 5) is 38.3. The number of hydrogen-bond acceptors (Lipinski definition) is 6. The van der Waals surface area contributed by atoms with Crippen molar-refractivity contribution in [2.75, 3.05) is 26.0 Å². The van der Waals surface area contributed by atoms with Crippen LogP contribution in [0.5, 0.6) is 0 Å². The van der Waals surface area contributed by atoms with Crippen LogP contribution in [0.3, 0.4) is 0 Å². The minimum absolute atomic E-state index is 0.0280. The molecule has 2 amide bonds. The van der Waals surface area contributed by atoms with Gasteiger partial charge in [-0.25, -0.2) is 9.80 Å². The molecule has 0 bridgehead atoms. The number of rotatable bonds is 4. The average Bonchev–Trinajstić information content (AvgIpc) is 3.11. The minimum atomic E-state index is -1.37. The number of amides is 2. The predicted octanol–water partition coefficient (Wildman–Crippen LogP) is 0.0570. The number of anilines is 1. The Balaban J connectivity index is 2.06. The predicted molar refractivity (Wildman–Crippen MR) is 96.6 cm³/mol. The van der Waals surface area contributed by atoms with E-state index in [1.54, 1.807) is 24.3 Å². The summed E-state index contributed by atoms with van der Waals surface area (Å²) in [6.45, 7) is 0. The highest BCUT2D eigenvalue weighted by Crippen LogP contribution is 2.33. The standard InChI is InChI=1S/C18H17N5O4/c1-22(2)10-6-4-9(5-7-10)12-11(8-19)14(20-16(12)24)13-15(18(26)27)21-23(3)17(13)25/h4-7,13-14H,1-3H3,(H,20,24)(H,26,27). The van der Waals surface area contributed by atoms with Gasteiger partial charge in [-0.05, 0) is 17.7 Å². The molecule has 0 spiro atoms. The number of hydrazone groups is 1. The van der Waals surface area contributed by atoms with Gasteiger partial charge in [0.15, 0.2) is 5.71 Å². The lowest BCUT2D eigenvalue weighted by molar-refractivity contribution is -0.133. The Morgan fingerprint density at radius 3 is 2.44 bits per heavy atom. The monoisotopic (exact) mass is 367 g/mol. The van der Waals surface area contributed by atoms with Crippen LogP contribution in [-0.2, 0) is 14.4 Å². The summed E-state index contributed by atoms with van der Waals surface area (Å²) < 4.78 is 0. The van der Waals surface area contributed by atoms with E-state index in [0.717, 1.165) is 10.7 Å². The molecule has 9 nitrogen and oxygen atoms in total. The second kappa shape index (κ2) is 6.57. The Morgan fingerprint density at radius 1 is 1.30 bits per heavy atom. The fourth-order valence-corrected chi connectivity index (χ4v) is 3.22. The molecular formula is C18H17N5O4. The first kappa shape index (κ1) is 18.1. The summed E-state index contributed by atoms with van der Waals surface area (Å²) in [5, 5.41) is 26.2. The molecule has 0 fully saturated rings. The number of carboxylic acids is 1. The van der Waals surface area contributed by atoms with Crippen molar-refractivity contribution in [3.05, 3.63) is 35.4 Å². The summed E-state index contributed by atoms with van der Waals surface area (Å²) in [5.41, 5.74) is 1.20. The molecule has 0 saturated heterocycles. The smallest absolute Gasteiger partial charge is 0.353 e. The lowest BCUT2D eigenvalue weighted by Gasteiger charge is -2.17. The molecule has 0 aromatic heterocycles. The maximum Gasteiger partial charge on any atom is 0.353 e. The van der Waals surface area contributed by atoms with Crippen LogP contribution in [0.25, 0.3) is 5.57 Å². The summed E-state index contributed by atoms with van der Waals surface area (Å²) in [6.07, 6.45) is 0. The van der Waals surface area contributed by atoms with Gasteiger partial charge in [0.05, 0.1) is 23.3 Å². The molecule has 27 heavy (non-hydrogen) atoms. The SMILES string of the molecule is CN1N=C(C(=O)O)C(C2NC(=O)C(c3ccc(N(C)C)cc3)=C2C#N)C1=O. The number of carboxylic acid groups (broad SMARTS) is 1. The van der Waals surface area contributed by atoms with E-state index >= 15 is 0 Å². The maximum absolute atomic E-state index is 12.6. The largest absolute Gasteiger partial charge is 0.477 e.